The molecule has 1 atom stereocenters. The molecule has 7 nitrogen and oxygen atoms in total. The van der Waals surface area contributed by atoms with E-state index in [9.17, 15) is 18.0 Å². The number of rotatable bonds is 7. The summed E-state index contributed by atoms with van der Waals surface area (Å²) in [5.41, 5.74) is 2.37. The monoisotopic (exact) mass is 436 g/mol. The van der Waals surface area contributed by atoms with Gasteiger partial charge in [0.1, 0.15) is 4.88 Å². The van der Waals surface area contributed by atoms with Gasteiger partial charge in [-0.3, -0.25) is 4.79 Å². The van der Waals surface area contributed by atoms with Crippen molar-refractivity contribution in [2.45, 2.75) is 32.4 Å². The summed E-state index contributed by atoms with van der Waals surface area (Å²) < 4.78 is 30.0. The zero-order valence-corrected chi connectivity index (χ0v) is 18.0. The lowest BCUT2D eigenvalue weighted by atomic mass is 9.99. The minimum Gasteiger partial charge on any atom is -0.448 e. The molecule has 1 aromatic carbocycles. The first-order chi connectivity index (χ1) is 13.7. The van der Waals surface area contributed by atoms with Crippen LogP contribution in [-0.4, -0.2) is 50.6 Å². The van der Waals surface area contributed by atoms with E-state index < -0.39 is 22.1 Å². The Balaban J connectivity index is 1.53. The summed E-state index contributed by atoms with van der Waals surface area (Å²) in [6, 6.07) is 11.4. The van der Waals surface area contributed by atoms with E-state index in [-0.39, 0.29) is 12.5 Å². The molecule has 0 saturated carbocycles. The van der Waals surface area contributed by atoms with Crippen LogP contribution in [0.25, 0.3) is 0 Å². The highest BCUT2D eigenvalue weighted by atomic mass is 32.2. The summed E-state index contributed by atoms with van der Waals surface area (Å²) >= 11 is 1.24. The van der Waals surface area contributed by atoms with Gasteiger partial charge in [0, 0.05) is 24.5 Å². The average Bonchev–Trinajstić information content (AvgIpc) is 3.15. The topological polar surface area (TPSA) is 92.8 Å². The summed E-state index contributed by atoms with van der Waals surface area (Å²) in [6.45, 7) is 2.98. The second kappa shape index (κ2) is 9.06. The first-order valence-electron chi connectivity index (χ1n) is 9.33. The van der Waals surface area contributed by atoms with Crippen molar-refractivity contribution in [1.82, 2.24) is 9.62 Å². The number of hydrogen-bond acceptors (Lipinski definition) is 6. The molecule has 1 unspecified atom stereocenters. The fourth-order valence-corrected chi connectivity index (χ4v) is 4.55. The molecule has 9 heteroatoms. The molecule has 1 amide bonds. The van der Waals surface area contributed by atoms with Crippen LogP contribution in [0.1, 0.15) is 32.6 Å². The van der Waals surface area contributed by atoms with E-state index >= 15 is 0 Å². The molecule has 1 aliphatic rings. The lowest BCUT2D eigenvalue weighted by molar-refractivity contribution is -0.140. The molecule has 2 heterocycles. The number of fused-ring (bicyclic) bond motifs is 1. The maximum Gasteiger partial charge on any atom is 0.349 e. The van der Waals surface area contributed by atoms with Gasteiger partial charge >= 0.3 is 5.97 Å². The number of hydrogen-bond donors (Lipinski definition) is 1. The van der Waals surface area contributed by atoms with E-state index in [1.165, 1.54) is 16.9 Å². The predicted molar refractivity (Wildman–Crippen MR) is 111 cm³/mol. The normalized spacial score (nSPS) is 14.9. The summed E-state index contributed by atoms with van der Waals surface area (Å²) in [5, 5.41) is 0. The Bertz CT molecular complexity index is 1000. The average molecular weight is 437 g/mol. The summed E-state index contributed by atoms with van der Waals surface area (Å²) in [7, 11) is -3.24. The molecule has 0 spiro atoms. The Labute approximate surface area is 174 Å². The van der Waals surface area contributed by atoms with Crippen LogP contribution in [0.15, 0.2) is 36.4 Å². The quantitative estimate of drug-likeness (QED) is 0.670. The number of carbonyl (C=O) groups is 2. The molecule has 2 aromatic rings. The number of sulfonamides is 1. The Morgan fingerprint density at radius 3 is 2.66 bits per heavy atom. The van der Waals surface area contributed by atoms with Gasteiger partial charge in [-0.1, -0.05) is 24.3 Å². The second-order valence-corrected chi connectivity index (χ2v) is 10.0. The van der Waals surface area contributed by atoms with Gasteiger partial charge < -0.3 is 9.64 Å². The van der Waals surface area contributed by atoms with Crippen LogP contribution in [0.3, 0.4) is 0 Å². The van der Waals surface area contributed by atoms with Crippen molar-refractivity contribution < 1.29 is 22.7 Å². The standard InChI is InChI=1S/C20H24N2O5S2/c1-14(19(23)22-12-10-15-5-3-4-6-16(15)13-22)27-20(24)18-8-7-17(28-18)9-11-21-29(2,25)26/h3-8,14,21H,9-13H2,1-2H3. The third-order valence-electron chi connectivity index (χ3n) is 4.67. The van der Waals surface area contributed by atoms with Gasteiger partial charge in [0.05, 0.1) is 6.26 Å². The van der Waals surface area contributed by atoms with E-state index in [0.717, 1.165) is 23.1 Å². The van der Waals surface area contributed by atoms with Gasteiger partial charge in [0.15, 0.2) is 6.10 Å². The number of nitrogens with one attached hydrogen (secondary N) is 1. The predicted octanol–water partition coefficient (Wildman–Crippen LogP) is 1.97. The zero-order valence-electron chi connectivity index (χ0n) is 16.4. The van der Waals surface area contributed by atoms with Crippen molar-refractivity contribution >= 4 is 33.2 Å². The molecule has 156 valence electrons. The van der Waals surface area contributed by atoms with Crippen molar-refractivity contribution in [3.8, 4) is 0 Å². The Kier molecular flexibility index (Phi) is 6.71. The summed E-state index contributed by atoms with van der Waals surface area (Å²) in [6.07, 6.45) is 1.50. The van der Waals surface area contributed by atoms with Gasteiger partial charge in [0.25, 0.3) is 5.91 Å². The molecule has 0 bridgehead atoms. The molecule has 0 radical (unpaired) electrons. The summed E-state index contributed by atoms with van der Waals surface area (Å²) in [5.74, 6) is -0.752. The fraction of sp³-hybridized carbons (Fsp3) is 0.400. The third-order valence-corrected chi connectivity index (χ3v) is 6.53. The maximum atomic E-state index is 12.7. The van der Waals surface area contributed by atoms with Gasteiger partial charge in [0.2, 0.25) is 10.0 Å². The highest BCUT2D eigenvalue weighted by molar-refractivity contribution is 7.88. The minimum atomic E-state index is -3.24. The first-order valence-corrected chi connectivity index (χ1v) is 12.0. The Morgan fingerprint density at radius 2 is 1.93 bits per heavy atom. The molecule has 0 saturated heterocycles. The van der Waals surface area contributed by atoms with Crippen molar-refractivity contribution in [1.29, 1.82) is 0 Å². The van der Waals surface area contributed by atoms with Crippen molar-refractivity contribution in [2.75, 3.05) is 19.3 Å². The largest absolute Gasteiger partial charge is 0.448 e. The van der Waals surface area contributed by atoms with E-state index in [2.05, 4.69) is 10.8 Å². The van der Waals surface area contributed by atoms with Crippen LogP contribution >= 0.6 is 11.3 Å². The molecule has 0 aliphatic carbocycles. The zero-order chi connectivity index (χ0) is 21.0. The van der Waals surface area contributed by atoms with E-state index in [4.69, 9.17) is 4.74 Å². The number of ether oxygens (including phenoxy) is 1. The third kappa shape index (κ3) is 5.88. The number of esters is 1. The molecule has 1 aliphatic heterocycles. The minimum absolute atomic E-state index is 0.206. The maximum absolute atomic E-state index is 12.7. The number of nitrogens with zero attached hydrogens (tertiary/aromatic N) is 1. The van der Waals surface area contributed by atoms with E-state index in [1.54, 1.807) is 24.0 Å². The first kappa shape index (κ1) is 21.5. The van der Waals surface area contributed by atoms with E-state index in [1.807, 2.05) is 18.2 Å². The molecule has 0 fully saturated rings. The SMILES string of the molecule is CC(OC(=O)c1ccc(CCNS(C)(=O)=O)s1)C(=O)N1CCc2ccccc2C1. The molecule has 29 heavy (non-hydrogen) atoms. The van der Waals surface area contributed by atoms with Gasteiger partial charge in [-0.25, -0.2) is 17.9 Å². The number of amides is 1. The Morgan fingerprint density at radius 1 is 1.21 bits per heavy atom. The molecular formula is C20H24N2O5S2. The highest BCUT2D eigenvalue weighted by Crippen LogP contribution is 2.21. The van der Waals surface area contributed by atoms with Crippen LogP contribution in [0.4, 0.5) is 0 Å². The van der Waals surface area contributed by atoms with Crippen LogP contribution in [0.5, 0.6) is 0 Å². The number of thiophene rings is 1. The smallest absolute Gasteiger partial charge is 0.349 e. The molecule has 3 rings (SSSR count). The second-order valence-electron chi connectivity index (χ2n) is 7.01. The van der Waals surface area contributed by atoms with Crippen LogP contribution in [0.2, 0.25) is 0 Å². The molecule has 1 aromatic heterocycles. The lowest BCUT2D eigenvalue weighted by Gasteiger charge is -2.30. The Hall–Kier alpha value is -2.23. The van der Waals surface area contributed by atoms with Gasteiger partial charge in [-0.15, -0.1) is 11.3 Å². The van der Waals surface area contributed by atoms with Crippen molar-refractivity contribution in [3.05, 3.63) is 57.3 Å². The lowest BCUT2D eigenvalue weighted by Crippen LogP contribution is -2.42. The number of carbonyl (C=O) groups excluding carboxylic acids is 2. The molecular weight excluding hydrogens is 412 g/mol. The van der Waals surface area contributed by atoms with Gasteiger partial charge in [-0.05, 0) is 43.0 Å². The fourth-order valence-electron chi connectivity index (χ4n) is 3.19. The van der Waals surface area contributed by atoms with Crippen LogP contribution < -0.4 is 4.72 Å². The van der Waals surface area contributed by atoms with E-state index in [0.29, 0.717) is 24.4 Å². The van der Waals surface area contributed by atoms with Gasteiger partial charge in [-0.2, -0.15) is 0 Å². The number of benzene rings is 1. The van der Waals surface area contributed by atoms with Crippen LogP contribution in [0, 0.1) is 0 Å². The van der Waals surface area contributed by atoms with Crippen molar-refractivity contribution in [3.63, 3.8) is 0 Å². The summed E-state index contributed by atoms with van der Waals surface area (Å²) in [4.78, 5) is 28.1. The van der Waals surface area contributed by atoms with Crippen molar-refractivity contribution in [2.24, 2.45) is 0 Å². The highest BCUT2D eigenvalue weighted by Gasteiger charge is 2.27. The molecule has 1 N–H and O–H groups in total. The van der Waals surface area contributed by atoms with Crippen LogP contribution in [-0.2, 0) is 38.9 Å².